The molecular formula is C19H28N2O4. The Morgan fingerprint density at radius 2 is 1.60 bits per heavy atom. The molecule has 2 rings (SSSR count). The summed E-state index contributed by atoms with van der Waals surface area (Å²) in [5, 5.41) is 0. The lowest BCUT2D eigenvalue weighted by molar-refractivity contribution is -0.137. The van der Waals surface area contributed by atoms with E-state index in [0.717, 1.165) is 12.8 Å². The summed E-state index contributed by atoms with van der Waals surface area (Å²) in [7, 11) is 3.11. The summed E-state index contributed by atoms with van der Waals surface area (Å²) in [6.45, 7) is 6.30. The van der Waals surface area contributed by atoms with Crippen LogP contribution in [0.1, 0.15) is 37.0 Å². The number of carbonyl (C=O) groups excluding carboxylic acids is 2. The summed E-state index contributed by atoms with van der Waals surface area (Å²) in [5.41, 5.74) is 0.488. The van der Waals surface area contributed by atoms with E-state index in [0.29, 0.717) is 43.2 Å². The van der Waals surface area contributed by atoms with Crippen molar-refractivity contribution in [1.29, 1.82) is 0 Å². The fraction of sp³-hybridized carbons (Fsp3) is 0.579. The highest BCUT2D eigenvalue weighted by Crippen LogP contribution is 2.26. The van der Waals surface area contributed by atoms with Gasteiger partial charge in [0.15, 0.2) is 0 Å². The smallest absolute Gasteiger partial charge is 0.257 e. The first-order valence-electron chi connectivity index (χ1n) is 8.85. The van der Waals surface area contributed by atoms with Crippen molar-refractivity contribution in [2.75, 3.05) is 40.4 Å². The second-order valence-corrected chi connectivity index (χ2v) is 6.20. The topological polar surface area (TPSA) is 59.1 Å². The number of amides is 2. The fourth-order valence-corrected chi connectivity index (χ4v) is 3.18. The number of hydrogen-bond acceptors (Lipinski definition) is 4. The van der Waals surface area contributed by atoms with Crippen LogP contribution in [0.15, 0.2) is 18.2 Å². The summed E-state index contributed by atoms with van der Waals surface area (Å²) in [6, 6.07) is 5.20. The second kappa shape index (κ2) is 8.74. The largest absolute Gasteiger partial charge is 0.497 e. The minimum absolute atomic E-state index is 0.0840. The van der Waals surface area contributed by atoms with Crippen LogP contribution in [0.5, 0.6) is 11.5 Å². The van der Waals surface area contributed by atoms with Crippen LogP contribution in [0.2, 0.25) is 0 Å². The molecule has 0 bridgehead atoms. The number of rotatable bonds is 6. The molecule has 6 heteroatoms. The number of hydrogen-bond donors (Lipinski definition) is 0. The highest BCUT2D eigenvalue weighted by atomic mass is 16.5. The monoisotopic (exact) mass is 348 g/mol. The van der Waals surface area contributed by atoms with Crippen molar-refractivity contribution < 1.29 is 19.1 Å². The van der Waals surface area contributed by atoms with E-state index in [1.54, 1.807) is 37.3 Å². The number of methoxy groups -OCH3 is 2. The van der Waals surface area contributed by atoms with Crippen molar-refractivity contribution in [3.8, 4) is 11.5 Å². The molecule has 1 fully saturated rings. The maximum atomic E-state index is 12.9. The van der Waals surface area contributed by atoms with Crippen molar-refractivity contribution in [3.63, 3.8) is 0 Å². The molecule has 1 aromatic carbocycles. The Morgan fingerprint density at radius 3 is 2.12 bits per heavy atom. The van der Waals surface area contributed by atoms with Gasteiger partial charge in [0, 0.05) is 32.1 Å². The molecule has 6 nitrogen and oxygen atoms in total. The van der Waals surface area contributed by atoms with Crippen molar-refractivity contribution in [2.24, 2.45) is 5.92 Å². The third kappa shape index (κ3) is 4.24. The standard InChI is InChI=1S/C19H28N2O4/c1-5-14(6-2)18(22)20-9-11-21(12-10-20)19(23)16-13-15(24-3)7-8-17(16)25-4/h7-8,13-14H,5-6,9-12H2,1-4H3. The van der Waals surface area contributed by atoms with E-state index in [9.17, 15) is 9.59 Å². The van der Waals surface area contributed by atoms with Crippen molar-refractivity contribution in [1.82, 2.24) is 9.80 Å². The normalized spacial score (nSPS) is 14.6. The Bertz CT molecular complexity index is 605. The Hall–Kier alpha value is -2.24. The highest BCUT2D eigenvalue weighted by molar-refractivity contribution is 5.97. The van der Waals surface area contributed by atoms with Crippen molar-refractivity contribution in [2.45, 2.75) is 26.7 Å². The maximum Gasteiger partial charge on any atom is 0.257 e. The number of piperazine rings is 1. The van der Waals surface area contributed by atoms with E-state index >= 15 is 0 Å². The Morgan fingerprint density at radius 1 is 1.00 bits per heavy atom. The molecule has 0 aliphatic carbocycles. The lowest BCUT2D eigenvalue weighted by atomic mass is 10.0. The van der Waals surface area contributed by atoms with Gasteiger partial charge < -0.3 is 19.3 Å². The van der Waals surface area contributed by atoms with E-state index < -0.39 is 0 Å². The average molecular weight is 348 g/mol. The van der Waals surface area contributed by atoms with Gasteiger partial charge in [0.2, 0.25) is 5.91 Å². The van der Waals surface area contributed by atoms with Crippen LogP contribution >= 0.6 is 0 Å². The summed E-state index contributed by atoms with van der Waals surface area (Å²) in [6.07, 6.45) is 1.71. The molecule has 1 heterocycles. The van der Waals surface area contributed by atoms with Gasteiger partial charge in [-0.2, -0.15) is 0 Å². The second-order valence-electron chi connectivity index (χ2n) is 6.20. The van der Waals surface area contributed by atoms with E-state index in [4.69, 9.17) is 9.47 Å². The van der Waals surface area contributed by atoms with Crippen molar-refractivity contribution in [3.05, 3.63) is 23.8 Å². The van der Waals surface area contributed by atoms with E-state index in [-0.39, 0.29) is 17.7 Å². The molecule has 0 spiro atoms. The molecule has 2 amide bonds. The molecule has 138 valence electrons. The first-order chi connectivity index (χ1) is 12.0. The van der Waals surface area contributed by atoms with E-state index in [2.05, 4.69) is 0 Å². The Labute approximate surface area is 149 Å². The van der Waals surface area contributed by atoms with Crippen LogP contribution in [0, 0.1) is 5.92 Å². The lowest BCUT2D eigenvalue weighted by Gasteiger charge is -2.36. The minimum atomic E-state index is -0.0922. The molecule has 0 N–H and O–H groups in total. The summed E-state index contributed by atoms with van der Waals surface area (Å²) >= 11 is 0. The van der Waals surface area contributed by atoms with Gasteiger partial charge >= 0.3 is 0 Å². The van der Waals surface area contributed by atoms with Gasteiger partial charge in [0.1, 0.15) is 11.5 Å². The van der Waals surface area contributed by atoms with Gasteiger partial charge in [-0.3, -0.25) is 9.59 Å². The van der Waals surface area contributed by atoms with Crippen LogP contribution in [0.3, 0.4) is 0 Å². The van der Waals surface area contributed by atoms with Crippen LogP contribution in [-0.4, -0.2) is 62.0 Å². The molecule has 0 radical (unpaired) electrons. The summed E-state index contributed by atoms with van der Waals surface area (Å²) < 4.78 is 10.5. The number of carbonyl (C=O) groups is 2. The van der Waals surface area contributed by atoms with Gasteiger partial charge in [0.25, 0.3) is 5.91 Å². The predicted molar refractivity (Wildman–Crippen MR) is 96.1 cm³/mol. The van der Waals surface area contributed by atoms with Gasteiger partial charge in [-0.05, 0) is 31.0 Å². The van der Waals surface area contributed by atoms with E-state index in [1.807, 2.05) is 18.7 Å². The van der Waals surface area contributed by atoms with Gasteiger partial charge in [-0.1, -0.05) is 13.8 Å². The molecule has 25 heavy (non-hydrogen) atoms. The van der Waals surface area contributed by atoms with Gasteiger partial charge in [-0.15, -0.1) is 0 Å². The zero-order chi connectivity index (χ0) is 18.4. The minimum Gasteiger partial charge on any atom is -0.497 e. The van der Waals surface area contributed by atoms with E-state index in [1.165, 1.54) is 0 Å². The first kappa shape index (κ1) is 19.1. The molecule has 1 aliphatic heterocycles. The molecule has 1 aromatic rings. The maximum absolute atomic E-state index is 12.9. The van der Waals surface area contributed by atoms with Crippen LogP contribution in [0.25, 0.3) is 0 Å². The Kier molecular flexibility index (Phi) is 6.67. The highest BCUT2D eigenvalue weighted by Gasteiger charge is 2.28. The third-order valence-corrected chi connectivity index (χ3v) is 4.85. The van der Waals surface area contributed by atoms with Gasteiger partial charge in [-0.25, -0.2) is 0 Å². The molecule has 1 saturated heterocycles. The molecule has 0 aromatic heterocycles. The third-order valence-electron chi connectivity index (χ3n) is 4.85. The number of benzene rings is 1. The fourth-order valence-electron chi connectivity index (χ4n) is 3.18. The summed E-state index contributed by atoms with van der Waals surface area (Å²) in [4.78, 5) is 29.0. The zero-order valence-electron chi connectivity index (χ0n) is 15.6. The van der Waals surface area contributed by atoms with Crippen LogP contribution in [-0.2, 0) is 4.79 Å². The number of ether oxygens (including phenoxy) is 2. The Balaban J connectivity index is 2.05. The average Bonchev–Trinajstić information content (AvgIpc) is 2.67. The molecule has 1 aliphatic rings. The summed E-state index contributed by atoms with van der Waals surface area (Å²) in [5.74, 6) is 1.34. The first-order valence-corrected chi connectivity index (χ1v) is 8.85. The molecule has 0 unspecified atom stereocenters. The molecule has 0 saturated carbocycles. The number of nitrogens with zero attached hydrogens (tertiary/aromatic N) is 2. The predicted octanol–water partition coefficient (Wildman–Crippen LogP) is 2.42. The van der Waals surface area contributed by atoms with Crippen LogP contribution in [0.4, 0.5) is 0 Å². The van der Waals surface area contributed by atoms with Crippen molar-refractivity contribution >= 4 is 11.8 Å². The SMILES string of the molecule is CCC(CC)C(=O)N1CCN(C(=O)c2cc(OC)ccc2OC)CC1. The zero-order valence-corrected chi connectivity index (χ0v) is 15.6. The van der Waals surface area contributed by atoms with Crippen LogP contribution < -0.4 is 9.47 Å². The quantitative estimate of drug-likeness (QED) is 0.792. The molecular weight excluding hydrogens is 320 g/mol. The lowest BCUT2D eigenvalue weighted by Crippen LogP contribution is -2.51. The molecule has 0 atom stereocenters. The van der Waals surface area contributed by atoms with Gasteiger partial charge in [0.05, 0.1) is 19.8 Å².